The highest BCUT2D eigenvalue weighted by Gasteiger charge is 2.08. The van der Waals surface area contributed by atoms with Gasteiger partial charge in [0.15, 0.2) is 4.77 Å². The number of hydrogen-bond donors (Lipinski definition) is 2. The van der Waals surface area contributed by atoms with Gasteiger partial charge in [0.2, 0.25) is 5.91 Å². The number of nitrogens with one attached hydrogen (secondary N) is 2. The minimum atomic E-state index is -0.855. The third-order valence-electron chi connectivity index (χ3n) is 4.61. The molecule has 0 saturated heterocycles. The molecule has 1 amide bonds. The number of rotatable bonds is 10. The summed E-state index contributed by atoms with van der Waals surface area (Å²) >= 11 is 5.30. The summed E-state index contributed by atoms with van der Waals surface area (Å²) in [6, 6.07) is 7.33. The van der Waals surface area contributed by atoms with Crippen LogP contribution in [0.2, 0.25) is 0 Å². The number of unbranched alkanes of at least 4 members (excludes halogenated alkanes) is 2. The highest BCUT2D eigenvalue weighted by Crippen LogP contribution is 2.07. The van der Waals surface area contributed by atoms with Crippen molar-refractivity contribution in [2.75, 3.05) is 12.8 Å². The maximum Gasteiger partial charge on any atom is 0.262 e. The molecule has 2 rings (SSSR count). The zero-order valence-electron chi connectivity index (χ0n) is 15.8. The quantitative estimate of drug-likeness (QED) is 0.467. The van der Waals surface area contributed by atoms with Crippen molar-refractivity contribution in [1.82, 2.24) is 14.9 Å². The summed E-state index contributed by atoms with van der Waals surface area (Å²) in [7, 11) is -0.855. The van der Waals surface area contributed by atoms with E-state index in [-0.39, 0.29) is 16.7 Å². The van der Waals surface area contributed by atoms with Crippen molar-refractivity contribution in [2.45, 2.75) is 50.8 Å². The highest BCUT2D eigenvalue weighted by molar-refractivity contribution is 7.84. The lowest BCUT2D eigenvalue weighted by Crippen LogP contribution is -2.27. The van der Waals surface area contributed by atoms with Gasteiger partial charge in [-0.3, -0.25) is 18.4 Å². The Morgan fingerprint density at radius 3 is 2.78 bits per heavy atom. The van der Waals surface area contributed by atoms with E-state index < -0.39 is 10.8 Å². The predicted molar refractivity (Wildman–Crippen MR) is 113 cm³/mol. The summed E-state index contributed by atoms with van der Waals surface area (Å²) in [5.74, 6) is 0.0178. The van der Waals surface area contributed by atoms with Crippen molar-refractivity contribution >= 4 is 39.8 Å². The molecule has 0 aliphatic rings. The van der Waals surface area contributed by atoms with Crippen LogP contribution in [0.15, 0.2) is 29.1 Å². The van der Waals surface area contributed by atoms with Crippen LogP contribution >= 0.6 is 12.2 Å². The first-order valence-corrected chi connectivity index (χ1v) is 11.2. The van der Waals surface area contributed by atoms with Gasteiger partial charge in [-0.05, 0) is 43.6 Å². The molecule has 8 heteroatoms. The van der Waals surface area contributed by atoms with Crippen molar-refractivity contribution in [1.29, 1.82) is 0 Å². The van der Waals surface area contributed by atoms with Gasteiger partial charge in [-0.15, -0.1) is 0 Å². The average molecular weight is 410 g/mol. The van der Waals surface area contributed by atoms with Gasteiger partial charge in [-0.2, -0.15) is 0 Å². The first-order valence-electron chi connectivity index (χ1n) is 9.21. The lowest BCUT2D eigenvalue weighted by atomic mass is 10.2. The molecule has 0 bridgehead atoms. The van der Waals surface area contributed by atoms with Crippen molar-refractivity contribution in [3.63, 3.8) is 0 Å². The smallest absolute Gasteiger partial charge is 0.262 e. The maximum absolute atomic E-state index is 12.5. The van der Waals surface area contributed by atoms with Crippen molar-refractivity contribution in [2.24, 2.45) is 0 Å². The van der Waals surface area contributed by atoms with E-state index in [0.29, 0.717) is 29.7 Å². The summed E-state index contributed by atoms with van der Waals surface area (Å²) in [5, 5.41) is 3.59. The molecule has 0 fully saturated rings. The van der Waals surface area contributed by atoms with Crippen LogP contribution in [-0.4, -0.2) is 37.7 Å². The van der Waals surface area contributed by atoms with Crippen LogP contribution < -0.4 is 10.9 Å². The van der Waals surface area contributed by atoms with Crippen molar-refractivity contribution in [3.05, 3.63) is 39.4 Å². The molecule has 0 radical (unpaired) electrons. The molecule has 148 valence electrons. The Labute approximate surface area is 166 Å². The van der Waals surface area contributed by atoms with E-state index in [1.807, 2.05) is 25.1 Å². The number of aromatic amines is 1. The SMILES string of the molecule is C[C@@H](CCNC(=O)CCCCCn1c(=S)[nH]c2ccccc2c1=O)[S@@](C)=O. The third-order valence-corrected chi connectivity index (χ3v) is 6.31. The van der Waals surface area contributed by atoms with Crippen molar-refractivity contribution < 1.29 is 9.00 Å². The predicted octanol–water partition coefficient (Wildman–Crippen LogP) is 2.89. The Hall–Kier alpha value is -1.80. The number of amides is 1. The van der Waals surface area contributed by atoms with Crippen LogP contribution in [-0.2, 0) is 22.1 Å². The van der Waals surface area contributed by atoms with Crippen LogP contribution in [0.1, 0.15) is 39.0 Å². The summed E-state index contributed by atoms with van der Waals surface area (Å²) in [6.45, 7) is 3.02. The van der Waals surface area contributed by atoms with E-state index in [4.69, 9.17) is 12.2 Å². The molecular weight excluding hydrogens is 382 g/mol. The van der Waals surface area contributed by atoms with Gasteiger partial charge in [0.1, 0.15) is 0 Å². The molecule has 2 aromatic rings. The molecule has 1 aromatic carbocycles. The molecule has 1 heterocycles. The Bertz CT molecular complexity index is 920. The van der Waals surface area contributed by atoms with Crippen LogP contribution in [0, 0.1) is 4.77 Å². The minimum absolute atomic E-state index is 0.0178. The maximum atomic E-state index is 12.5. The zero-order chi connectivity index (χ0) is 19.8. The number of hydrogen-bond acceptors (Lipinski definition) is 4. The minimum Gasteiger partial charge on any atom is -0.356 e. The molecule has 2 atom stereocenters. The first kappa shape index (κ1) is 21.5. The van der Waals surface area contributed by atoms with Gasteiger partial charge in [0.25, 0.3) is 5.56 Å². The molecule has 27 heavy (non-hydrogen) atoms. The second kappa shape index (κ2) is 10.5. The van der Waals surface area contributed by atoms with Gasteiger partial charge in [0, 0.05) is 41.8 Å². The molecule has 1 aromatic heterocycles. The average Bonchev–Trinajstić information content (AvgIpc) is 2.63. The molecule has 0 aliphatic carbocycles. The van der Waals surface area contributed by atoms with E-state index >= 15 is 0 Å². The van der Waals surface area contributed by atoms with E-state index in [9.17, 15) is 13.8 Å². The number of carbonyl (C=O) groups is 1. The fraction of sp³-hybridized carbons (Fsp3) is 0.526. The zero-order valence-corrected chi connectivity index (χ0v) is 17.5. The standard InChI is InChI=1S/C19H27N3O3S2/c1-14(27(2)25)11-12-20-17(23)10-4-3-7-13-22-18(24)15-8-5-6-9-16(15)21-19(22)26/h5-6,8-9,14H,3-4,7,10-13H2,1-2H3,(H,20,23)(H,21,26)/t14-,27+/m0/s1. The van der Waals surface area contributed by atoms with Gasteiger partial charge in [-0.1, -0.05) is 25.5 Å². The number of aromatic nitrogens is 2. The van der Waals surface area contributed by atoms with Crippen molar-refractivity contribution in [3.8, 4) is 0 Å². The molecule has 2 N–H and O–H groups in total. The molecule has 0 saturated carbocycles. The van der Waals surface area contributed by atoms with E-state index in [2.05, 4.69) is 10.3 Å². The summed E-state index contributed by atoms with van der Waals surface area (Å²) in [5.41, 5.74) is 0.677. The van der Waals surface area contributed by atoms with Gasteiger partial charge in [-0.25, -0.2) is 0 Å². The fourth-order valence-corrected chi connectivity index (χ4v) is 3.54. The number of benzene rings is 1. The lowest BCUT2D eigenvalue weighted by Gasteiger charge is -2.10. The number of nitrogens with zero attached hydrogens (tertiary/aromatic N) is 1. The topological polar surface area (TPSA) is 84.0 Å². The third kappa shape index (κ3) is 6.39. The van der Waals surface area contributed by atoms with Gasteiger partial charge < -0.3 is 10.3 Å². The summed E-state index contributed by atoms with van der Waals surface area (Å²) < 4.78 is 13.3. The Kier molecular flexibility index (Phi) is 8.37. The molecule has 0 unspecified atom stereocenters. The van der Waals surface area contributed by atoms with E-state index in [1.54, 1.807) is 16.9 Å². The lowest BCUT2D eigenvalue weighted by molar-refractivity contribution is -0.121. The molecule has 0 spiro atoms. The van der Waals surface area contributed by atoms with Crippen LogP contribution in [0.4, 0.5) is 0 Å². The number of carbonyl (C=O) groups excluding carboxylic acids is 1. The Morgan fingerprint density at radius 1 is 1.30 bits per heavy atom. The fourth-order valence-electron chi connectivity index (χ4n) is 2.80. The van der Waals surface area contributed by atoms with E-state index in [0.717, 1.165) is 31.2 Å². The van der Waals surface area contributed by atoms with Gasteiger partial charge >= 0.3 is 0 Å². The first-order chi connectivity index (χ1) is 12.9. The van der Waals surface area contributed by atoms with Crippen LogP contribution in [0.25, 0.3) is 10.9 Å². The van der Waals surface area contributed by atoms with Gasteiger partial charge in [0.05, 0.1) is 10.9 Å². The molecular formula is C19H27N3O3S2. The summed E-state index contributed by atoms with van der Waals surface area (Å²) in [6.07, 6.45) is 5.26. The summed E-state index contributed by atoms with van der Waals surface area (Å²) in [4.78, 5) is 27.4. The highest BCUT2D eigenvalue weighted by atomic mass is 32.2. The second-order valence-electron chi connectivity index (χ2n) is 6.69. The number of fused-ring (bicyclic) bond motifs is 1. The molecule has 6 nitrogen and oxygen atoms in total. The molecule has 0 aliphatic heterocycles. The second-order valence-corrected chi connectivity index (χ2v) is 8.88. The Morgan fingerprint density at radius 2 is 2.04 bits per heavy atom. The van der Waals surface area contributed by atoms with Crippen LogP contribution in [0.3, 0.4) is 0 Å². The number of H-pyrrole nitrogens is 1. The van der Waals surface area contributed by atoms with E-state index in [1.165, 1.54) is 0 Å². The monoisotopic (exact) mass is 409 g/mol. The van der Waals surface area contributed by atoms with Crippen LogP contribution in [0.5, 0.6) is 0 Å². The largest absolute Gasteiger partial charge is 0.356 e. The normalized spacial score (nSPS) is 13.4. The Balaban J connectivity index is 1.74. The number of para-hydroxylation sites is 1.